The van der Waals surface area contributed by atoms with Gasteiger partial charge >= 0.3 is 5.97 Å². The molecule has 0 aliphatic heterocycles. The van der Waals surface area contributed by atoms with Crippen LogP contribution in [0.5, 0.6) is 0 Å². The Kier molecular flexibility index (Phi) is 17.2. The second-order valence-corrected chi connectivity index (χ2v) is 10.5. The molecule has 1 aromatic carbocycles. The zero-order chi connectivity index (χ0) is 33.9. The first-order valence-corrected chi connectivity index (χ1v) is 14.5. The van der Waals surface area contributed by atoms with Crippen LogP contribution in [0, 0.1) is 5.41 Å². The molecule has 0 saturated heterocycles. The Bertz CT molecular complexity index is 1170. The number of benzene rings is 1. The number of carboxylic acid groups (broad SMARTS) is 1. The quantitative estimate of drug-likeness (QED) is 0.0365. The molecule has 0 fully saturated rings. The lowest BCUT2D eigenvalue weighted by Crippen LogP contribution is -2.59. The summed E-state index contributed by atoms with van der Waals surface area (Å²) in [6, 6.07) is 2.45. The maximum absolute atomic E-state index is 13.5. The Morgan fingerprint density at radius 1 is 0.800 bits per heavy atom. The van der Waals surface area contributed by atoms with Gasteiger partial charge in [0.25, 0.3) is 0 Å². The Hall–Kier alpha value is -4.77. The minimum atomic E-state index is -1.46. The van der Waals surface area contributed by atoms with Crippen LogP contribution >= 0.6 is 0 Å². The fraction of sp³-hybridized carbons (Fsp3) is 0.536. The van der Waals surface area contributed by atoms with E-state index in [1.54, 1.807) is 30.3 Å². The third-order valence-corrected chi connectivity index (χ3v) is 6.61. The molecule has 5 amide bonds. The predicted molar refractivity (Wildman–Crippen MR) is 165 cm³/mol. The Morgan fingerprint density at radius 2 is 1.38 bits per heavy atom. The van der Waals surface area contributed by atoms with Gasteiger partial charge in [0.15, 0.2) is 5.96 Å². The molecule has 5 atom stereocenters. The number of hydrogen-bond acceptors (Lipinski definition) is 9. The van der Waals surface area contributed by atoms with Crippen LogP contribution in [0.3, 0.4) is 0 Å². The number of nitrogens with one attached hydrogen (secondary N) is 6. The largest absolute Gasteiger partial charge is 0.480 e. The highest BCUT2D eigenvalue weighted by atomic mass is 16.4. The van der Waals surface area contributed by atoms with Crippen molar-refractivity contribution in [1.29, 1.82) is 5.41 Å². The lowest BCUT2D eigenvalue weighted by atomic mass is 10.0. The standard InChI is InChI=1S/C28H46N10O7/c1-16(27(44)45)35-25(42)20(14-17-8-3-2-4-9-17)38-24(41)19(11-7-13-34-28(32)33)36-26(43)21(15-22(31)39)37-23(40)18(30)10-5-6-12-29/h2-4,8-9,16,18-21H,5-7,10-15,29-30H2,1H3,(H2,31,39)(H,35,42)(H,36,43)(H,37,40)(H,38,41)(H,44,45)(H4,32,33,34). The van der Waals surface area contributed by atoms with Crippen LogP contribution < -0.4 is 49.5 Å². The van der Waals surface area contributed by atoms with E-state index >= 15 is 0 Å². The van der Waals surface area contributed by atoms with E-state index in [-0.39, 0.29) is 38.2 Å². The zero-order valence-corrected chi connectivity index (χ0v) is 25.3. The summed E-state index contributed by atoms with van der Waals surface area (Å²) < 4.78 is 0. The lowest BCUT2D eigenvalue weighted by Gasteiger charge is -2.26. The van der Waals surface area contributed by atoms with Gasteiger partial charge in [-0.1, -0.05) is 36.8 Å². The van der Waals surface area contributed by atoms with Gasteiger partial charge in [-0.2, -0.15) is 0 Å². The van der Waals surface area contributed by atoms with Gasteiger partial charge in [-0.05, 0) is 44.7 Å². The minimum absolute atomic E-state index is 0.000284. The second-order valence-electron chi connectivity index (χ2n) is 10.5. The molecule has 0 radical (unpaired) electrons. The molecule has 1 rings (SSSR count). The van der Waals surface area contributed by atoms with E-state index in [9.17, 15) is 33.9 Å². The average Bonchev–Trinajstić information content (AvgIpc) is 2.97. The lowest BCUT2D eigenvalue weighted by molar-refractivity contribution is -0.141. The summed E-state index contributed by atoms with van der Waals surface area (Å²) in [5.41, 5.74) is 22.7. The smallest absolute Gasteiger partial charge is 0.325 e. The number of carbonyl (C=O) groups excluding carboxylic acids is 5. The first-order chi connectivity index (χ1) is 21.2. The number of primary amides is 1. The summed E-state index contributed by atoms with van der Waals surface area (Å²) in [6.07, 6.45) is 1.12. The molecule has 0 spiro atoms. The van der Waals surface area contributed by atoms with Crippen molar-refractivity contribution in [2.75, 3.05) is 13.1 Å². The van der Waals surface area contributed by atoms with Crippen LogP contribution in [0.15, 0.2) is 30.3 Å². The number of carboxylic acids is 1. The molecule has 0 heterocycles. The summed E-state index contributed by atoms with van der Waals surface area (Å²) in [4.78, 5) is 75.6. The third kappa shape index (κ3) is 15.5. The van der Waals surface area contributed by atoms with Gasteiger partial charge in [0.1, 0.15) is 24.2 Å². The van der Waals surface area contributed by atoms with Gasteiger partial charge in [-0.15, -0.1) is 0 Å². The van der Waals surface area contributed by atoms with Crippen LogP contribution in [0.2, 0.25) is 0 Å². The SMILES string of the molecule is CC(NC(=O)C(Cc1ccccc1)NC(=O)C(CCCNC(=N)N)NC(=O)C(CC(N)=O)NC(=O)C(N)CCCCN)C(=O)O. The summed E-state index contributed by atoms with van der Waals surface area (Å²) in [6.45, 7) is 1.85. The van der Waals surface area contributed by atoms with E-state index in [1.807, 2.05) is 0 Å². The molecule has 0 saturated carbocycles. The summed E-state index contributed by atoms with van der Waals surface area (Å²) >= 11 is 0. The molecule has 250 valence electrons. The number of aliphatic carboxylic acids is 1. The van der Waals surface area contributed by atoms with Gasteiger partial charge in [-0.3, -0.25) is 34.2 Å². The third-order valence-electron chi connectivity index (χ3n) is 6.61. The van der Waals surface area contributed by atoms with Gasteiger partial charge in [-0.25, -0.2) is 0 Å². The molecular formula is C28H46N10O7. The van der Waals surface area contributed by atoms with Gasteiger partial charge in [0.05, 0.1) is 12.5 Å². The van der Waals surface area contributed by atoms with E-state index in [2.05, 4.69) is 26.6 Å². The highest BCUT2D eigenvalue weighted by molar-refractivity contribution is 5.97. The van der Waals surface area contributed by atoms with E-state index in [0.717, 1.165) is 0 Å². The van der Waals surface area contributed by atoms with Crippen LogP contribution in [0.25, 0.3) is 0 Å². The minimum Gasteiger partial charge on any atom is -0.480 e. The van der Waals surface area contributed by atoms with Crippen molar-refractivity contribution in [3.63, 3.8) is 0 Å². The van der Waals surface area contributed by atoms with Crippen LogP contribution in [0.1, 0.15) is 51.0 Å². The first-order valence-electron chi connectivity index (χ1n) is 14.5. The number of guanidine groups is 1. The molecule has 17 nitrogen and oxygen atoms in total. The van der Waals surface area contributed by atoms with Crippen LogP contribution in [-0.4, -0.2) is 89.9 Å². The van der Waals surface area contributed by atoms with E-state index < -0.39 is 72.1 Å². The Balaban J connectivity index is 3.20. The molecular weight excluding hydrogens is 588 g/mol. The predicted octanol–water partition coefficient (Wildman–Crippen LogP) is -3.13. The number of unbranched alkanes of at least 4 members (excludes halogenated alkanes) is 1. The number of carbonyl (C=O) groups is 6. The van der Waals surface area contributed by atoms with Gasteiger partial charge < -0.3 is 54.6 Å². The summed E-state index contributed by atoms with van der Waals surface area (Å²) in [5.74, 6) is -5.66. The highest BCUT2D eigenvalue weighted by Gasteiger charge is 2.32. The fourth-order valence-electron chi connectivity index (χ4n) is 4.11. The Labute approximate surface area is 261 Å². The summed E-state index contributed by atoms with van der Waals surface area (Å²) in [7, 11) is 0. The topological polar surface area (TPSA) is 311 Å². The molecule has 5 unspecified atom stereocenters. The molecule has 17 heteroatoms. The number of amides is 5. The zero-order valence-electron chi connectivity index (χ0n) is 25.3. The Morgan fingerprint density at radius 3 is 1.96 bits per heavy atom. The van der Waals surface area contributed by atoms with E-state index in [4.69, 9.17) is 28.3 Å². The normalized spacial score (nSPS) is 14.0. The fourth-order valence-corrected chi connectivity index (χ4v) is 4.11. The van der Waals surface area contributed by atoms with Crippen LogP contribution in [-0.2, 0) is 35.2 Å². The number of nitrogens with two attached hydrogens (primary N) is 4. The number of hydrogen-bond donors (Lipinski definition) is 11. The summed E-state index contributed by atoms with van der Waals surface area (Å²) in [5, 5.41) is 29.0. The monoisotopic (exact) mass is 634 g/mol. The van der Waals surface area contributed by atoms with Gasteiger partial charge in [0, 0.05) is 13.0 Å². The van der Waals surface area contributed by atoms with E-state index in [1.165, 1.54) is 6.92 Å². The van der Waals surface area contributed by atoms with Crippen molar-refractivity contribution in [3.05, 3.63) is 35.9 Å². The second kappa shape index (κ2) is 20.2. The maximum atomic E-state index is 13.5. The molecule has 1 aromatic rings. The van der Waals surface area contributed by atoms with E-state index in [0.29, 0.717) is 24.9 Å². The van der Waals surface area contributed by atoms with Crippen molar-refractivity contribution in [2.24, 2.45) is 22.9 Å². The molecule has 45 heavy (non-hydrogen) atoms. The molecule has 0 aromatic heterocycles. The molecule has 0 aliphatic carbocycles. The van der Waals surface area contributed by atoms with Crippen LogP contribution in [0.4, 0.5) is 0 Å². The van der Waals surface area contributed by atoms with Crippen molar-refractivity contribution >= 4 is 41.5 Å². The average molecular weight is 635 g/mol. The first kappa shape index (κ1) is 38.3. The van der Waals surface area contributed by atoms with Crippen molar-refractivity contribution in [1.82, 2.24) is 26.6 Å². The van der Waals surface area contributed by atoms with Crippen molar-refractivity contribution in [3.8, 4) is 0 Å². The maximum Gasteiger partial charge on any atom is 0.325 e. The molecule has 15 N–H and O–H groups in total. The number of rotatable bonds is 21. The van der Waals surface area contributed by atoms with Gasteiger partial charge in [0.2, 0.25) is 29.5 Å². The van der Waals surface area contributed by atoms with Crippen molar-refractivity contribution < 1.29 is 33.9 Å². The highest BCUT2D eigenvalue weighted by Crippen LogP contribution is 2.07. The molecule has 0 bridgehead atoms. The molecule has 0 aliphatic rings. The van der Waals surface area contributed by atoms with Crippen molar-refractivity contribution in [2.45, 2.75) is 82.1 Å².